The highest BCUT2D eigenvalue weighted by Gasteiger charge is 2.09. The molecular formula is C14H12BrClN2O. The number of amides is 1. The molecule has 0 aliphatic rings. The third-order valence-electron chi connectivity index (χ3n) is 2.70. The highest BCUT2D eigenvalue weighted by molar-refractivity contribution is 9.10. The second kappa shape index (κ2) is 5.63. The van der Waals surface area contributed by atoms with Crippen molar-refractivity contribution in [2.45, 2.75) is 6.92 Å². The van der Waals surface area contributed by atoms with Crippen molar-refractivity contribution in [2.24, 2.45) is 0 Å². The van der Waals surface area contributed by atoms with Crippen LogP contribution in [0.2, 0.25) is 5.02 Å². The number of hydrogen-bond donors (Lipinski definition) is 2. The highest BCUT2D eigenvalue weighted by Crippen LogP contribution is 2.23. The van der Waals surface area contributed by atoms with E-state index in [0.29, 0.717) is 20.7 Å². The van der Waals surface area contributed by atoms with Gasteiger partial charge < -0.3 is 11.1 Å². The fourth-order valence-electron chi connectivity index (χ4n) is 1.63. The second-order valence-corrected chi connectivity index (χ2v) is 5.44. The number of aryl methyl sites for hydroxylation is 1. The van der Waals surface area contributed by atoms with Crippen molar-refractivity contribution in [3.8, 4) is 0 Å². The van der Waals surface area contributed by atoms with E-state index in [1.54, 1.807) is 36.4 Å². The van der Waals surface area contributed by atoms with E-state index in [0.717, 1.165) is 11.3 Å². The van der Waals surface area contributed by atoms with Crippen molar-refractivity contribution < 1.29 is 4.79 Å². The predicted molar refractivity (Wildman–Crippen MR) is 82.7 cm³/mol. The smallest absolute Gasteiger partial charge is 0.255 e. The number of hydrogen-bond acceptors (Lipinski definition) is 2. The average Bonchev–Trinajstić information content (AvgIpc) is 2.36. The largest absolute Gasteiger partial charge is 0.398 e. The first-order valence-corrected chi connectivity index (χ1v) is 6.77. The zero-order chi connectivity index (χ0) is 14.0. The summed E-state index contributed by atoms with van der Waals surface area (Å²) in [6.07, 6.45) is 0. The van der Waals surface area contributed by atoms with Crippen molar-refractivity contribution in [3.05, 3.63) is 57.0 Å². The number of carbonyl (C=O) groups is 1. The average molecular weight is 340 g/mol. The Balaban J connectivity index is 2.23. The van der Waals surface area contributed by atoms with Crippen LogP contribution in [0.5, 0.6) is 0 Å². The van der Waals surface area contributed by atoms with Gasteiger partial charge >= 0.3 is 0 Å². The lowest BCUT2D eigenvalue weighted by atomic mass is 10.1. The number of nitrogens with two attached hydrogens (primary N) is 1. The molecule has 0 aliphatic heterocycles. The van der Waals surface area contributed by atoms with E-state index in [-0.39, 0.29) is 5.91 Å². The van der Waals surface area contributed by atoms with E-state index in [1.807, 2.05) is 6.92 Å². The molecule has 1 amide bonds. The lowest BCUT2D eigenvalue weighted by molar-refractivity contribution is 0.102. The zero-order valence-electron chi connectivity index (χ0n) is 10.2. The van der Waals surface area contributed by atoms with Crippen LogP contribution in [0.3, 0.4) is 0 Å². The molecule has 0 saturated heterocycles. The zero-order valence-corrected chi connectivity index (χ0v) is 12.5. The molecule has 3 nitrogen and oxygen atoms in total. The molecule has 0 spiro atoms. The summed E-state index contributed by atoms with van der Waals surface area (Å²) in [6, 6.07) is 10.4. The summed E-state index contributed by atoms with van der Waals surface area (Å²) in [4.78, 5) is 12.1. The molecule has 0 saturated carbocycles. The molecule has 0 bridgehead atoms. The number of carbonyl (C=O) groups excluding carboxylic acids is 1. The number of rotatable bonds is 2. The topological polar surface area (TPSA) is 55.1 Å². The Kier molecular flexibility index (Phi) is 4.12. The Bertz CT molecular complexity index is 643. The molecule has 2 aromatic rings. The van der Waals surface area contributed by atoms with Gasteiger partial charge in [0.15, 0.2) is 0 Å². The maximum atomic E-state index is 12.1. The van der Waals surface area contributed by atoms with Gasteiger partial charge in [0.1, 0.15) is 0 Å². The van der Waals surface area contributed by atoms with E-state index < -0.39 is 0 Å². The molecule has 19 heavy (non-hydrogen) atoms. The number of halogens is 2. The van der Waals surface area contributed by atoms with Crippen LogP contribution >= 0.6 is 27.5 Å². The molecule has 98 valence electrons. The summed E-state index contributed by atoms with van der Waals surface area (Å²) in [5.41, 5.74) is 8.47. The molecule has 0 aromatic heterocycles. The maximum absolute atomic E-state index is 12.1. The molecule has 0 heterocycles. The van der Waals surface area contributed by atoms with Gasteiger partial charge in [0.2, 0.25) is 0 Å². The Morgan fingerprint density at radius 1 is 1.26 bits per heavy atom. The van der Waals surface area contributed by atoms with Crippen LogP contribution < -0.4 is 11.1 Å². The Hall–Kier alpha value is -1.52. The molecule has 2 rings (SSSR count). The van der Waals surface area contributed by atoms with Gasteiger partial charge in [-0.05, 0) is 64.8 Å². The number of nitrogens with one attached hydrogen (secondary N) is 1. The monoisotopic (exact) mass is 338 g/mol. The van der Waals surface area contributed by atoms with E-state index in [2.05, 4.69) is 21.2 Å². The predicted octanol–water partition coefficient (Wildman–Crippen LogP) is 4.25. The standard InChI is InChI=1S/C14H12BrClN2O/c1-8-6-10(16)3-5-13(8)18-14(19)9-2-4-12(17)11(15)7-9/h2-7H,17H2,1H3,(H,18,19). The quantitative estimate of drug-likeness (QED) is 0.804. The first-order chi connectivity index (χ1) is 8.97. The molecule has 0 radical (unpaired) electrons. The number of benzene rings is 2. The van der Waals surface area contributed by atoms with Gasteiger partial charge in [0.25, 0.3) is 5.91 Å². The van der Waals surface area contributed by atoms with Gasteiger partial charge in [0.05, 0.1) is 0 Å². The van der Waals surface area contributed by atoms with E-state index in [9.17, 15) is 4.79 Å². The fourth-order valence-corrected chi connectivity index (χ4v) is 2.24. The summed E-state index contributed by atoms with van der Waals surface area (Å²) in [7, 11) is 0. The number of anilines is 2. The third-order valence-corrected chi connectivity index (χ3v) is 3.62. The van der Waals surface area contributed by atoms with E-state index in [4.69, 9.17) is 17.3 Å². The molecule has 0 aliphatic carbocycles. The summed E-state index contributed by atoms with van der Waals surface area (Å²) < 4.78 is 0.702. The van der Waals surface area contributed by atoms with E-state index >= 15 is 0 Å². The number of nitrogen functional groups attached to an aromatic ring is 1. The summed E-state index contributed by atoms with van der Waals surface area (Å²) >= 11 is 9.18. The maximum Gasteiger partial charge on any atom is 0.255 e. The first kappa shape index (κ1) is 13.9. The van der Waals surface area contributed by atoms with Gasteiger partial charge in [-0.2, -0.15) is 0 Å². The Morgan fingerprint density at radius 2 is 2.00 bits per heavy atom. The van der Waals surface area contributed by atoms with Crippen molar-refractivity contribution in [1.82, 2.24) is 0 Å². The van der Waals surface area contributed by atoms with Crippen molar-refractivity contribution in [3.63, 3.8) is 0 Å². The lowest BCUT2D eigenvalue weighted by Crippen LogP contribution is -2.12. The van der Waals surface area contributed by atoms with Crippen LogP contribution in [-0.4, -0.2) is 5.91 Å². The molecular weight excluding hydrogens is 328 g/mol. The van der Waals surface area contributed by atoms with Gasteiger partial charge in [-0.25, -0.2) is 0 Å². The van der Waals surface area contributed by atoms with Crippen LogP contribution in [0.15, 0.2) is 40.9 Å². The molecule has 0 atom stereocenters. The Labute approximate surface area is 124 Å². The fraction of sp³-hybridized carbons (Fsp3) is 0.0714. The summed E-state index contributed by atoms with van der Waals surface area (Å²) in [5, 5.41) is 3.49. The van der Waals surface area contributed by atoms with Gasteiger partial charge in [-0.1, -0.05) is 11.6 Å². The van der Waals surface area contributed by atoms with Crippen LogP contribution in [-0.2, 0) is 0 Å². The van der Waals surface area contributed by atoms with Crippen LogP contribution in [0.25, 0.3) is 0 Å². The Morgan fingerprint density at radius 3 is 2.63 bits per heavy atom. The minimum atomic E-state index is -0.189. The second-order valence-electron chi connectivity index (χ2n) is 4.15. The van der Waals surface area contributed by atoms with Gasteiger partial charge in [-0.3, -0.25) is 4.79 Å². The minimum absolute atomic E-state index is 0.189. The summed E-state index contributed by atoms with van der Waals surface area (Å²) in [6.45, 7) is 1.89. The molecule has 5 heteroatoms. The lowest BCUT2D eigenvalue weighted by Gasteiger charge is -2.09. The molecule has 0 fully saturated rings. The van der Waals surface area contributed by atoms with Crippen LogP contribution in [0.1, 0.15) is 15.9 Å². The minimum Gasteiger partial charge on any atom is -0.398 e. The molecule has 3 N–H and O–H groups in total. The van der Waals surface area contributed by atoms with Crippen LogP contribution in [0.4, 0.5) is 11.4 Å². The third kappa shape index (κ3) is 3.28. The molecule has 2 aromatic carbocycles. The van der Waals surface area contributed by atoms with Crippen molar-refractivity contribution in [2.75, 3.05) is 11.1 Å². The molecule has 0 unspecified atom stereocenters. The van der Waals surface area contributed by atoms with Crippen molar-refractivity contribution >= 4 is 44.8 Å². The summed E-state index contributed by atoms with van der Waals surface area (Å²) in [5.74, 6) is -0.189. The highest BCUT2D eigenvalue weighted by atomic mass is 79.9. The van der Waals surface area contributed by atoms with Gasteiger partial charge in [-0.15, -0.1) is 0 Å². The SMILES string of the molecule is Cc1cc(Cl)ccc1NC(=O)c1ccc(N)c(Br)c1. The van der Waals surface area contributed by atoms with Crippen LogP contribution in [0, 0.1) is 6.92 Å². The van der Waals surface area contributed by atoms with Gasteiger partial charge in [0, 0.05) is 26.4 Å². The first-order valence-electron chi connectivity index (χ1n) is 5.60. The normalized spacial score (nSPS) is 10.3. The van der Waals surface area contributed by atoms with Crippen molar-refractivity contribution in [1.29, 1.82) is 0 Å². The van der Waals surface area contributed by atoms with E-state index in [1.165, 1.54) is 0 Å².